The second kappa shape index (κ2) is 7.47. The number of furan rings is 1. The van der Waals surface area contributed by atoms with Gasteiger partial charge in [-0.2, -0.15) is 5.10 Å². The van der Waals surface area contributed by atoms with E-state index in [0.29, 0.717) is 35.5 Å². The van der Waals surface area contributed by atoms with E-state index in [9.17, 15) is 9.59 Å². The minimum absolute atomic E-state index is 0.0524. The number of fused-ring (bicyclic) bond motifs is 2. The van der Waals surface area contributed by atoms with Crippen molar-refractivity contribution >= 4 is 17.5 Å². The Hall–Kier alpha value is -3.15. The summed E-state index contributed by atoms with van der Waals surface area (Å²) in [4.78, 5) is 26.0. The molecule has 1 amide bonds. The van der Waals surface area contributed by atoms with E-state index in [-0.39, 0.29) is 28.9 Å². The maximum atomic E-state index is 13.3. The van der Waals surface area contributed by atoms with E-state index in [1.807, 2.05) is 11.6 Å². The highest BCUT2D eigenvalue weighted by molar-refractivity contribution is 6.07. The van der Waals surface area contributed by atoms with Gasteiger partial charge in [0.15, 0.2) is 11.5 Å². The molecule has 0 spiro atoms. The van der Waals surface area contributed by atoms with Crippen molar-refractivity contribution in [2.45, 2.75) is 65.8 Å². The first-order chi connectivity index (χ1) is 15.2. The zero-order chi connectivity index (χ0) is 22.6. The van der Waals surface area contributed by atoms with Crippen LogP contribution in [0.1, 0.15) is 88.1 Å². The van der Waals surface area contributed by atoms with Gasteiger partial charge in [-0.25, -0.2) is 4.68 Å². The van der Waals surface area contributed by atoms with Gasteiger partial charge in [0, 0.05) is 24.0 Å². The number of amides is 1. The predicted molar refractivity (Wildman–Crippen MR) is 122 cm³/mol. The van der Waals surface area contributed by atoms with Crippen LogP contribution in [0.25, 0.3) is 0 Å². The van der Waals surface area contributed by atoms with Crippen LogP contribution in [0, 0.1) is 19.3 Å². The van der Waals surface area contributed by atoms with Crippen LogP contribution in [0.4, 0.5) is 5.82 Å². The van der Waals surface area contributed by atoms with Gasteiger partial charge in [-0.1, -0.05) is 38.1 Å². The Morgan fingerprint density at radius 3 is 2.81 bits per heavy atom. The number of hydrogen-bond donors (Lipinski definition) is 1. The van der Waals surface area contributed by atoms with Crippen molar-refractivity contribution in [3.63, 3.8) is 0 Å². The summed E-state index contributed by atoms with van der Waals surface area (Å²) in [5.41, 5.74) is 4.55. The van der Waals surface area contributed by atoms with E-state index in [4.69, 9.17) is 4.42 Å². The van der Waals surface area contributed by atoms with Gasteiger partial charge in [-0.15, -0.1) is 0 Å². The highest BCUT2D eigenvalue weighted by Gasteiger charge is 2.37. The Labute approximate surface area is 188 Å². The lowest BCUT2D eigenvalue weighted by Crippen LogP contribution is -2.26. The fourth-order valence-corrected chi connectivity index (χ4v) is 5.29. The smallest absolute Gasteiger partial charge is 0.292 e. The molecule has 1 unspecified atom stereocenters. The number of ketones is 1. The fraction of sp³-hybridized carbons (Fsp3) is 0.423. The maximum absolute atomic E-state index is 13.3. The molecule has 0 bridgehead atoms. The molecule has 3 aromatic rings. The number of aryl methyl sites for hydroxylation is 2. The first kappa shape index (κ1) is 20.7. The lowest BCUT2D eigenvalue weighted by molar-refractivity contribution is 0.0898. The number of aromatic nitrogens is 2. The van der Waals surface area contributed by atoms with Gasteiger partial charge in [-0.05, 0) is 49.7 Å². The van der Waals surface area contributed by atoms with E-state index in [0.717, 1.165) is 24.8 Å². The molecule has 166 valence electrons. The number of Topliss-reactive ketones (excluding diaryl/α,β-unsaturated/α-hetero) is 1. The molecule has 2 aliphatic rings. The van der Waals surface area contributed by atoms with Gasteiger partial charge in [0.2, 0.25) is 0 Å². The van der Waals surface area contributed by atoms with E-state index in [1.165, 1.54) is 11.1 Å². The number of hydrogen-bond acceptors (Lipinski definition) is 4. The molecule has 1 aromatic carbocycles. The Kier molecular flexibility index (Phi) is 4.84. The molecule has 0 fully saturated rings. The number of rotatable bonds is 3. The second-order valence-electron chi connectivity index (χ2n) is 9.98. The van der Waals surface area contributed by atoms with Gasteiger partial charge >= 0.3 is 0 Å². The average molecular weight is 432 g/mol. The number of anilines is 1. The zero-order valence-corrected chi connectivity index (χ0v) is 19.1. The SMILES string of the molecule is Cc1cnn(C2CCCc3ccccc32)c1NC(=O)c1oc2c(c1C)C(=O)CC(C)(C)C2. The molecule has 6 heteroatoms. The molecule has 0 saturated heterocycles. The first-order valence-electron chi connectivity index (χ1n) is 11.3. The van der Waals surface area contributed by atoms with Crippen LogP contribution in [-0.4, -0.2) is 21.5 Å². The van der Waals surface area contributed by atoms with Gasteiger partial charge in [0.1, 0.15) is 11.6 Å². The quantitative estimate of drug-likeness (QED) is 0.600. The van der Waals surface area contributed by atoms with Gasteiger partial charge in [0.25, 0.3) is 5.91 Å². The minimum Gasteiger partial charge on any atom is -0.455 e. The lowest BCUT2D eigenvalue weighted by Gasteiger charge is -2.27. The summed E-state index contributed by atoms with van der Waals surface area (Å²) in [6.07, 6.45) is 6.02. The molecule has 1 atom stereocenters. The van der Waals surface area contributed by atoms with Crippen LogP contribution >= 0.6 is 0 Å². The molecule has 2 heterocycles. The van der Waals surface area contributed by atoms with Gasteiger partial charge in [-0.3, -0.25) is 9.59 Å². The van der Waals surface area contributed by atoms with Crippen LogP contribution in [0.3, 0.4) is 0 Å². The van der Waals surface area contributed by atoms with Crippen molar-refractivity contribution in [2.24, 2.45) is 5.41 Å². The van der Waals surface area contributed by atoms with Crippen molar-refractivity contribution in [1.29, 1.82) is 0 Å². The molecule has 5 rings (SSSR count). The Morgan fingerprint density at radius 1 is 1.22 bits per heavy atom. The third kappa shape index (κ3) is 3.38. The summed E-state index contributed by atoms with van der Waals surface area (Å²) >= 11 is 0. The highest BCUT2D eigenvalue weighted by Crippen LogP contribution is 2.39. The molecule has 6 nitrogen and oxygen atoms in total. The summed E-state index contributed by atoms with van der Waals surface area (Å²) in [7, 11) is 0. The van der Waals surface area contributed by atoms with E-state index in [2.05, 4.69) is 48.5 Å². The Morgan fingerprint density at radius 2 is 2.00 bits per heavy atom. The van der Waals surface area contributed by atoms with Crippen molar-refractivity contribution in [3.8, 4) is 0 Å². The summed E-state index contributed by atoms with van der Waals surface area (Å²) < 4.78 is 7.90. The minimum atomic E-state index is -0.337. The topological polar surface area (TPSA) is 77.1 Å². The molecule has 2 aromatic heterocycles. The number of benzene rings is 1. The number of nitrogens with one attached hydrogen (secondary N) is 1. The lowest BCUT2D eigenvalue weighted by atomic mass is 9.76. The zero-order valence-electron chi connectivity index (χ0n) is 19.1. The highest BCUT2D eigenvalue weighted by atomic mass is 16.4. The van der Waals surface area contributed by atoms with Gasteiger partial charge < -0.3 is 9.73 Å². The monoisotopic (exact) mass is 431 g/mol. The van der Waals surface area contributed by atoms with Crippen LogP contribution in [0.5, 0.6) is 0 Å². The third-order valence-electron chi connectivity index (χ3n) is 6.83. The molecular formula is C26H29N3O3. The number of nitrogens with zero attached hydrogens (tertiary/aromatic N) is 2. The molecule has 1 N–H and O–H groups in total. The maximum Gasteiger partial charge on any atom is 0.292 e. The summed E-state index contributed by atoms with van der Waals surface area (Å²) in [5.74, 6) is 1.24. The molecular weight excluding hydrogens is 402 g/mol. The van der Waals surface area contributed by atoms with Crippen LogP contribution in [0.15, 0.2) is 34.9 Å². The average Bonchev–Trinajstić information content (AvgIpc) is 3.26. The van der Waals surface area contributed by atoms with Crippen molar-refractivity contribution in [3.05, 3.63) is 69.8 Å². The van der Waals surface area contributed by atoms with Crippen molar-refractivity contribution in [1.82, 2.24) is 9.78 Å². The standard InChI is InChI=1S/C26H29N3O3/c1-15-14-27-29(19-11-7-9-17-8-5-6-10-18(17)19)24(15)28-25(31)23-16(2)22-20(30)12-26(3,4)13-21(22)32-23/h5-6,8,10,14,19H,7,9,11-13H2,1-4H3,(H,28,31). The molecule has 2 aliphatic carbocycles. The summed E-state index contributed by atoms with van der Waals surface area (Å²) in [5, 5.41) is 7.67. The first-order valence-corrected chi connectivity index (χ1v) is 11.3. The molecule has 32 heavy (non-hydrogen) atoms. The third-order valence-corrected chi connectivity index (χ3v) is 6.83. The van der Waals surface area contributed by atoms with Crippen LogP contribution < -0.4 is 5.32 Å². The fourth-order valence-electron chi connectivity index (χ4n) is 5.29. The van der Waals surface area contributed by atoms with Gasteiger partial charge in [0.05, 0.1) is 17.8 Å². The van der Waals surface area contributed by atoms with Crippen molar-refractivity contribution < 1.29 is 14.0 Å². The Bertz CT molecular complexity index is 1230. The van der Waals surface area contributed by atoms with E-state index in [1.54, 1.807) is 13.1 Å². The normalized spacial score (nSPS) is 19.4. The second-order valence-corrected chi connectivity index (χ2v) is 9.98. The largest absolute Gasteiger partial charge is 0.455 e. The molecule has 0 radical (unpaired) electrons. The summed E-state index contributed by atoms with van der Waals surface area (Å²) in [6, 6.07) is 8.53. The van der Waals surface area contributed by atoms with E-state index >= 15 is 0 Å². The van der Waals surface area contributed by atoms with Crippen molar-refractivity contribution in [2.75, 3.05) is 5.32 Å². The number of carbonyl (C=O) groups is 2. The molecule has 0 aliphatic heterocycles. The van der Waals surface area contributed by atoms with Crippen LogP contribution in [0.2, 0.25) is 0 Å². The van der Waals surface area contributed by atoms with E-state index < -0.39 is 0 Å². The summed E-state index contributed by atoms with van der Waals surface area (Å²) in [6.45, 7) is 7.85. The molecule has 0 saturated carbocycles. The predicted octanol–water partition coefficient (Wildman–Crippen LogP) is 5.43. The number of carbonyl (C=O) groups excluding carboxylic acids is 2. The Balaban J connectivity index is 1.48. The van der Waals surface area contributed by atoms with Crippen LogP contribution in [-0.2, 0) is 12.8 Å².